The Morgan fingerprint density at radius 2 is 1.67 bits per heavy atom. The number of hydrogen-bond donors (Lipinski definition) is 0. The number of halogens is 1. The normalized spacial score (nSPS) is 20.2. The average Bonchev–Trinajstić information content (AvgIpc) is 2.29. The minimum atomic E-state index is 0.349. The van der Waals surface area contributed by atoms with Crippen molar-refractivity contribution in [2.24, 2.45) is 0 Å². The summed E-state index contributed by atoms with van der Waals surface area (Å²) in [7, 11) is 0. The fourth-order valence-electron chi connectivity index (χ4n) is 1.86. The zero-order chi connectivity index (χ0) is 10.8. The Labute approximate surface area is 105 Å². The van der Waals surface area contributed by atoms with Crippen LogP contribution >= 0.6 is 0 Å². The molecule has 0 aromatic heterocycles. The molecule has 1 atom stereocenters. The van der Waals surface area contributed by atoms with Crippen molar-refractivity contribution < 1.29 is 21.2 Å². The van der Waals surface area contributed by atoms with Crippen molar-refractivity contribution in [2.75, 3.05) is 0 Å². The van der Waals surface area contributed by atoms with Gasteiger partial charge in [0.1, 0.15) is 0 Å². The number of unbranched alkanes of at least 4 members (excludes halogenated alkanes) is 6. The summed E-state index contributed by atoms with van der Waals surface area (Å²) in [4.78, 5) is 0. The van der Waals surface area contributed by atoms with E-state index >= 15 is 0 Å². The molecule has 1 heteroatoms. The Balaban J connectivity index is 1.84. The van der Waals surface area contributed by atoms with Gasteiger partial charge in [0.2, 0.25) is 0 Å². The van der Waals surface area contributed by atoms with E-state index < -0.39 is 0 Å². The van der Waals surface area contributed by atoms with Crippen LogP contribution in [0, 0.1) is 0 Å². The van der Waals surface area contributed by atoms with Crippen LogP contribution in [-0.4, -0.2) is 3.92 Å². The zero-order valence-electron chi connectivity index (χ0n) is 9.92. The van der Waals surface area contributed by atoms with Crippen LogP contribution in [0.4, 0.5) is 0 Å². The second-order valence-electron chi connectivity index (χ2n) is 4.26. The van der Waals surface area contributed by atoms with Crippen molar-refractivity contribution in [1.82, 2.24) is 0 Å². The van der Waals surface area contributed by atoms with E-state index in [9.17, 15) is 0 Å². The quantitative estimate of drug-likeness (QED) is 0.363. The summed E-state index contributed by atoms with van der Waals surface area (Å²) in [5.74, 6) is 0. The molecule has 1 unspecified atom stereocenters. The van der Waals surface area contributed by atoms with Gasteiger partial charge >= 0.3 is 106 Å². The van der Waals surface area contributed by atoms with Crippen LogP contribution in [-0.2, 0) is 0 Å². The van der Waals surface area contributed by atoms with Crippen LogP contribution in [0.5, 0.6) is 0 Å². The molecule has 1 aliphatic rings. The molecule has 0 nitrogen and oxygen atoms in total. The molecule has 0 saturated carbocycles. The van der Waals surface area contributed by atoms with Crippen LogP contribution in [0.2, 0.25) is 0 Å². The Morgan fingerprint density at radius 3 is 2.33 bits per heavy atom. The van der Waals surface area contributed by atoms with Crippen molar-refractivity contribution in [3.63, 3.8) is 0 Å². The zero-order valence-corrected chi connectivity index (χ0v) is 12.1. The van der Waals surface area contributed by atoms with Crippen molar-refractivity contribution >= 4 is 0 Å². The second-order valence-corrected chi connectivity index (χ2v) is 7.29. The van der Waals surface area contributed by atoms with E-state index in [0.717, 1.165) is 3.92 Å². The van der Waals surface area contributed by atoms with Gasteiger partial charge in [-0.25, -0.2) is 0 Å². The number of hydrogen-bond acceptors (Lipinski definition) is 0. The molecule has 0 bridgehead atoms. The molecule has 0 N–H and O–H groups in total. The summed E-state index contributed by atoms with van der Waals surface area (Å²) in [6.45, 7) is 2.28. The van der Waals surface area contributed by atoms with E-state index in [1.165, 1.54) is 51.4 Å². The molecular weight excluding hydrogens is 295 g/mol. The standard InChI is InChI=1S/C14H24I/c1-2-3-4-5-6-7-8-11-14-12-9-10-13-15-14/h9-10,12-14H,2-8,11H2,1H3/q-1. The van der Waals surface area contributed by atoms with Gasteiger partial charge in [0, 0.05) is 0 Å². The number of rotatable bonds is 8. The predicted molar refractivity (Wildman–Crippen MR) is 64.7 cm³/mol. The third-order valence-corrected chi connectivity index (χ3v) is 5.61. The van der Waals surface area contributed by atoms with Crippen LogP contribution in [0.25, 0.3) is 0 Å². The molecular formula is C14H24I-. The van der Waals surface area contributed by atoms with Crippen molar-refractivity contribution in [3.05, 3.63) is 22.3 Å². The first kappa shape index (κ1) is 13.3. The SMILES string of the molecule is CCCCCCCCCC1C=CC=C[I-]1. The third-order valence-electron chi connectivity index (χ3n) is 2.82. The molecule has 0 aromatic rings. The van der Waals surface area contributed by atoms with Crippen molar-refractivity contribution in [1.29, 1.82) is 0 Å². The van der Waals surface area contributed by atoms with Gasteiger partial charge in [-0.2, -0.15) is 0 Å². The van der Waals surface area contributed by atoms with E-state index in [1.807, 2.05) is 0 Å². The molecule has 0 aliphatic carbocycles. The van der Waals surface area contributed by atoms with Crippen molar-refractivity contribution in [3.8, 4) is 0 Å². The Bertz CT molecular complexity index is 194. The fourth-order valence-corrected chi connectivity index (χ4v) is 4.15. The predicted octanol–water partition coefficient (Wildman–Crippen LogP) is 1.67. The molecule has 0 radical (unpaired) electrons. The van der Waals surface area contributed by atoms with Crippen molar-refractivity contribution in [2.45, 2.75) is 62.2 Å². The van der Waals surface area contributed by atoms with E-state index in [0.29, 0.717) is 21.2 Å². The molecule has 1 aliphatic heterocycles. The van der Waals surface area contributed by atoms with Crippen LogP contribution in [0.1, 0.15) is 58.3 Å². The Morgan fingerprint density at radius 1 is 0.933 bits per heavy atom. The average molecular weight is 319 g/mol. The summed E-state index contributed by atoms with van der Waals surface area (Å²) >= 11 is 0.349. The molecule has 1 heterocycles. The molecule has 88 valence electrons. The van der Waals surface area contributed by atoms with Gasteiger partial charge in [-0.1, -0.05) is 0 Å². The molecule has 0 saturated heterocycles. The Kier molecular flexibility index (Phi) is 8.35. The summed E-state index contributed by atoms with van der Waals surface area (Å²) < 4.78 is 3.36. The molecule has 0 aromatic carbocycles. The van der Waals surface area contributed by atoms with Gasteiger partial charge in [0.25, 0.3) is 0 Å². The summed E-state index contributed by atoms with van der Waals surface area (Å²) in [5.41, 5.74) is 0. The van der Waals surface area contributed by atoms with Gasteiger partial charge < -0.3 is 0 Å². The topological polar surface area (TPSA) is 0 Å². The minimum absolute atomic E-state index is 0.349. The molecule has 0 amide bonds. The molecule has 1 rings (SSSR count). The first-order valence-electron chi connectivity index (χ1n) is 6.39. The van der Waals surface area contributed by atoms with Gasteiger partial charge in [-0.05, 0) is 0 Å². The fraction of sp³-hybridized carbons (Fsp3) is 0.714. The van der Waals surface area contributed by atoms with Crippen LogP contribution in [0.15, 0.2) is 22.3 Å². The van der Waals surface area contributed by atoms with Gasteiger partial charge in [0.15, 0.2) is 0 Å². The van der Waals surface area contributed by atoms with Crippen LogP contribution < -0.4 is 21.2 Å². The monoisotopic (exact) mass is 319 g/mol. The third kappa shape index (κ3) is 7.15. The Hall–Kier alpha value is 0.210. The van der Waals surface area contributed by atoms with Gasteiger partial charge in [-0.3, -0.25) is 0 Å². The number of alkyl halides is 1. The first-order valence-corrected chi connectivity index (χ1v) is 8.88. The van der Waals surface area contributed by atoms with Gasteiger partial charge in [-0.15, -0.1) is 0 Å². The molecule has 0 fully saturated rings. The van der Waals surface area contributed by atoms with E-state index in [4.69, 9.17) is 0 Å². The summed E-state index contributed by atoms with van der Waals surface area (Å²) in [6.07, 6.45) is 18.4. The maximum absolute atomic E-state index is 2.42. The first-order chi connectivity index (χ1) is 7.43. The molecule has 0 spiro atoms. The maximum atomic E-state index is 2.42. The van der Waals surface area contributed by atoms with Gasteiger partial charge in [0.05, 0.1) is 0 Å². The summed E-state index contributed by atoms with van der Waals surface area (Å²) in [6, 6.07) is 0. The van der Waals surface area contributed by atoms with E-state index in [1.54, 1.807) is 0 Å². The summed E-state index contributed by atoms with van der Waals surface area (Å²) in [5, 5.41) is 0. The van der Waals surface area contributed by atoms with E-state index in [2.05, 4.69) is 29.2 Å². The van der Waals surface area contributed by atoms with E-state index in [-0.39, 0.29) is 0 Å². The number of allylic oxidation sites excluding steroid dienone is 3. The molecule has 15 heavy (non-hydrogen) atoms. The van der Waals surface area contributed by atoms with Crippen LogP contribution in [0.3, 0.4) is 0 Å². The second kappa shape index (κ2) is 9.44.